The summed E-state index contributed by atoms with van der Waals surface area (Å²) in [6, 6.07) is 9.75. The number of nitrogens with one attached hydrogen (secondary N) is 1. The number of anilines is 1. The molecule has 2 aromatic heterocycles. The molecule has 6 nitrogen and oxygen atoms in total. The summed E-state index contributed by atoms with van der Waals surface area (Å²) in [6.07, 6.45) is 3.55. The molecule has 0 spiro atoms. The van der Waals surface area contributed by atoms with Gasteiger partial charge in [-0.3, -0.25) is 9.78 Å². The summed E-state index contributed by atoms with van der Waals surface area (Å²) >= 11 is 6.32. The zero-order valence-corrected chi connectivity index (χ0v) is 15.9. The number of carbonyl (C=O) groups is 1. The standard InChI is InChI=1S/C19H24ClN5O/c1-24(2)13-18(26)22-14-8-11-25(12-9-14)17-7-6-15(20)19(23-17)16-5-3-4-10-21-16/h3-7,10,14H,8-9,11-13H2,1-2H3,(H,22,26). The van der Waals surface area contributed by atoms with E-state index in [1.54, 1.807) is 6.20 Å². The van der Waals surface area contributed by atoms with Crippen molar-refractivity contribution >= 4 is 23.3 Å². The zero-order chi connectivity index (χ0) is 18.5. The van der Waals surface area contributed by atoms with Gasteiger partial charge >= 0.3 is 0 Å². The molecule has 0 radical (unpaired) electrons. The first-order chi connectivity index (χ1) is 12.5. The molecule has 3 heterocycles. The van der Waals surface area contributed by atoms with Crippen LogP contribution in [-0.4, -0.2) is 60.5 Å². The van der Waals surface area contributed by atoms with Gasteiger partial charge < -0.3 is 15.1 Å². The van der Waals surface area contributed by atoms with Crippen LogP contribution in [0.2, 0.25) is 5.02 Å². The van der Waals surface area contributed by atoms with E-state index in [4.69, 9.17) is 16.6 Å². The molecule has 0 saturated carbocycles. The van der Waals surface area contributed by atoms with E-state index in [1.807, 2.05) is 49.3 Å². The van der Waals surface area contributed by atoms with Gasteiger partial charge in [-0.2, -0.15) is 0 Å². The summed E-state index contributed by atoms with van der Waals surface area (Å²) in [5, 5.41) is 3.71. The second-order valence-corrected chi connectivity index (χ2v) is 7.19. The van der Waals surface area contributed by atoms with E-state index in [9.17, 15) is 4.79 Å². The third kappa shape index (κ3) is 4.71. The molecule has 7 heteroatoms. The van der Waals surface area contributed by atoms with Gasteiger partial charge in [-0.05, 0) is 51.2 Å². The molecular formula is C19H24ClN5O. The fourth-order valence-electron chi connectivity index (χ4n) is 3.10. The van der Waals surface area contributed by atoms with Crippen LogP contribution in [0.3, 0.4) is 0 Å². The van der Waals surface area contributed by atoms with Crippen LogP contribution in [0.5, 0.6) is 0 Å². The van der Waals surface area contributed by atoms with E-state index in [0.717, 1.165) is 37.4 Å². The molecule has 1 N–H and O–H groups in total. The first kappa shape index (κ1) is 18.6. The maximum Gasteiger partial charge on any atom is 0.234 e. The number of carbonyl (C=O) groups excluding carboxylic acids is 1. The molecule has 2 aromatic rings. The first-order valence-corrected chi connectivity index (χ1v) is 9.17. The summed E-state index contributed by atoms with van der Waals surface area (Å²) in [7, 11) is 3.79. The Hall–Kier alpha value is -2.18. The molecule has 0 bridgehead atoms. The molecule has 26 heavy (non-hydrogen) atoms. The number of likely N-dealkylation sites (N-methyl/N-ethyl adjacent to an activating group) is 1. The van der Waals surface area contributed by atoms with Crippen LogP contribution in [-0.2, 0) is 4.79 Å². The number of nitrogens with zero attached hydrogens (tertiary/aromatic N) is 4. The van der Waals surface area contributed by atoms with Gasteiger partial charge in [0.15, 0.2) is 0 Å². The highest BCUT2D eigenvalue weighted by Crippen LogP contribution is 2.28. The van der Waals surface area contributed by atoms with Gasteiger partial charge in [0, 0.05) is 25.3 Å². The average molecular weight is 374 g/mol. The minimum absolute atomic E-state index is 0.0792. The number of hydrogen-bond acceptors (Lipinski definition) is 5. The van der Waals surface area contributed by atoms with Gasteiger partial charge in [-0.25, -0.2) is 4.98 Å². The van der Waals surface area contributed by atoms with E-state index in [0.29, 0.717) is 17.3 Å². The van der Waals surface area contributed by atoms with E-state index in [1.165, 1.54) is 0 Å². The smallest absolute Gasteiger partial charge is 0.234 e. The fraction of sp³-hybridized carbons (Fsp3) is 0.421. The Labute approximate surface area is 159 Å². The molecular weight excluding hydrogens is 350 g/mol. The monoisotopic (exact) mass is 373 g/mol. The van der Waals surface area contributed by atoms with Crippen LogP contribution in [0.25, 0.3) is 11.4 Å². The molecule has 3 rings (SSSR count). The predicted molar refractivity (Wildman–Crippen MR) is 104 cm³/mol. The van der Waals surface area contributed by atoms with Crippen LogP contribution in [0.15, 0.2) is 36.5 Å². The Balaban J connectivity index is 1.64. The number of piperidine rings is 1. The quantitative estimate of drug-likeness (QED) is 0.872. The summed E-state index contributed by atoms with van der Waals surface area (Å²) in [5.41, 5.74) is 1.47. The van der Waals surface area contributed by atoms with Gasteiger partial charge in [0.1, 0.15) is 11.5 Å². The van der Waals surface area contributed by atoms with Gasteiger partial charge in [0.25, 0.3) is 0 Å². The lowest BCUT2D eigenvalue weighted by atomic mass is 10.0. The van der Waals surface area contributed by atoms with E-state index in [-0.39, 0.29) is 11.9 Å². The highest BCUT2D eigenvalue weighted by Gasteiger charge is 2.22. The molecule has 1 saturated heterocycles. The Morgan fingerprint density at radius 2 is 2.04 bits per heavy atom. The maximum absolute atomic E-state index is 11.9. The van der Waals surface area contributed by atoms with Crippen molar-refractivity contribution in [2.75, 3.05) is 38.6 Å². The van der Waals surface area contributed by atoms with Crippen molar-refractivity contribution in [2.45, 2.75) is 18.9 Å². The molecule has 0 aromatic carbocycles. The highest BCUT2D eigenvalue weighted by atomic mass is 35.5. The molecule has 138 valence electrons. The summed E-state index contributed by atoms with van der Waals surface area (Å²) in [5.74, 6) is 0.976. The number of rotatable bonds is 5. The molecule has 1 aliphatic rings. The second kappa shape index (κ2) is 8.47. The zero-order valence-electron chi connectivity index (χ0n) is 15.2. The Morgan fingerprint density at radius 1 is 1.27 bits per heavy atom. The van der Waals surface area contributed by atoms with E-state index < -0.39 is 0 Å². The number of halogens is 1. The maximum atomic E-state index is 11.9. The second-order valence-electron chi connectivity index (χ2n) is 6.78. The molecule has 1 aliphatic heterocycles. The first-order valence-electron chi connectivity index (χ1n) is 8.80. The predicted octanol–water partition coefficient (Wildman–Crippen LogP) is 2.44. The fourth-order valence-corrected chi connectivity index (χ4v) is 3.31. The molecule has 0 atom stereocenters. The van der Waals surface area contributed by atoms with Gasteiger partial charge in [-0.15, -0.1) is 0 Å². The SMILES string of the molecule is CN(C)CC(=O)NC1CCN(c2ccc(Cl)c(-c3ccccn3)n2)CC1. The van der Waals surface area contributed by atoms with Crippen molar-refractivity contribution in [1.29, 1.82) is 0 Å². The number of aromatic nitrogens is 2. The lowest BCUT2D eigenvalue weighted by Gasteiger charge is -2.33. The van der Waals surface area contributed by atoms with Crippen LogP contribution in [0, 0.1) is 0 Å². The molecule has 1 fully saturated rings. The van der Waals surface area contributed by atoms with Crippen LogP contribution < -0.4 is 10.2 Å². The third-order valence-corrected chi connectivity index (χ3v) is 4.69. The van der Waals surface area contributed by atoms with Crippen LogP contribution >= 0.6 is 11.6 Å². The van der Waals surface area contributed by atoms with Crippen molar-refractivity contribution in [1.82, 2.24) is 20.2 Å². The number of hydrogen-bond donors (Lipinski definition) is 1. The minimum Gasteiger partial charge on any atom is -0.356 e. The Morgan fingerprint density at radius 3 is 2.69 bits per heavy atom. The van der Waals surface area contributed by atoms with Crippen molar-refractivity contribution < 1.29 is 4.79 Å². The van der Waals surface area contributed by atoms with Crippen molar-refractivity contribution in [3.8, 4) is 11.4 Å². The number of amides is 1. The summed E-state index contributed by atoms with van der Waals surface area (Å²) in [4.78, 5) is 25.1. The Bertz CT molecular complexity index is 745. The molecule has 1 amide bonds. The largest absolute Gasteiger partial charge is 0.356 e. The summed E-state index contributed by atoms with van der Waals surface area (Å²) < 4.78 is 0. The van der Waals surface area contributed by atoms with Crippen molar-refractivity contribution in [2.24, 2.45) is 0 Å². The normalized spacial score (nSPS) is 15.3. The van der Waals surface area contributed by atoms with Gasteiger partial charge in [0.2, 0.25) is 5.91 Å². The van der Waals surface area contributed by atoms with Crippen molar-refractivity contribution in [3.63, 3.8) is 0 Å². The highest BCUT2D eigenvalue weighted by molar-refractivity contribution is 6.33. The lowest BCUT2D eigenvalue weighted by Crippen LogP contribution is -2.47. The third-order valence-electron chi connectivity index (χ3n) is 4.38. The minimum atomic E-state index is 0.0792. The molecule has 0 aliphatic carbocycles. The van der Waals surface area contributed by atoms with Crippen LogP contribution in [0.1, 0.15) is 12.8 Å². The van der Waals surface area contributed by atoms with E-state index >= 15 is 0 Å². The summed E-state index contributed by atoms with van der Waals surface area (Å²) in [6.45, 7) is 2.12. The number of pyridine rings is 2. The topological polar surface area (TPSA) is 61.4 Å². The van der Waals surface area contributed by atoms with Crippen molar-refractivity contribution in [3.05, 3.63) is 41.6 Å². The lowest BCUT2D eigenvalue weighted by molar-refractivity contribution is -0.122. The van der Waals surface area contributed by atoms with E-state index in [2.05, 4.69) is 15.2 Å². The Kier molecular flexibility index (Phi) is 6.06. The van der Waals surface area contributed by atoms with Crippen LogP contribution in [0.4, 0.5) is 5.82 Å². The van der Waals surface area contributed by atoms with Gasteiger partial charge in [0.05, 0.1) is 17.3 Å². The molecule has 0 unspecified atom stereocenters. The average Bonchev–Trinajstić information content (AvgIpc) is 2.63. The van der Waals surface area contributed by atoms with Gasteiger partial charge in [-0.1, -0.05) is 17.7 Å².